The van der Waals surface area contributed by atoms with Gasteiger partial charge in [0.15, 0.2) is 0 Å². The predicted octanol–water partition coefficient (Wildman–Crippen LogP) is 1.96. The molecule has 1 aromatic rings. The standard InChI is InChI=1S/C7H6BrNO2/c8-6-2-1-5(4-9-11)3-7(6)10/h1-4,10-11H/b9-4+. The van der Waals surface area contributed by atoms with Crippen molar-refractivity contribution in [3.63, 3.8) is 0 Å². The highest BCUT2D eigenvalue weighted by molar-refractivity contribution is 9.10. The summed E-state index contributed by atoms with van der Waals surface area (Å²) < 4.78 is 0.618. The van der Waals surface area contributed by atoms with E-state index in [0.29, 0.717) is 10.0 Å². The molecule has 1 rings (SSSR count). The number of phenols is 1. The van der Waals surface area contributed by atoms with E-state index in [0.717, 1.165) is 0 Å². The number of nitrogens with zero attached hydrogens (tertiary/aromatic N) is 1. The average molecular weight is 216 g/mol. The Bertz CT molecular complexity index is 286. The zero-order valence-electron chi connectivity index (χ0n) is 5.53. The SMILES string of the molecule is O/N=C/c1ccc(Br)c(O)c1. The molecule has 0 aliphatic rings. The maximum absolute atomic E-state index is 9.14. The molecule has 58 valence electrons. The first-order chi connectivity index (χ1) is 5.24. The van der Waals surface area contributed by atoms with E-state index < -0.39 is 0 Å². The minimum Gasteiger partial charge on any atom is -0.507 e. The van der Waals surface area contributed by atoms with Crippen LogP contribution >= 0.6 is 15.9 Å². The van der Waals surface area contributed by atoms with Gasteiger partial charge in [0.2, 0.25) is 0 Å². The molecule has 11 heavy (non-hydrogen) atoms. The van der Waals surface area contributed by atoms with Gasteiger partial charge in [0, 0.05) is 0 Å². The molecule has 0 heterocycles. The van der Waals surface area contributed by atoms with Crippen LogP contribution in [0.3, 0.4) is 0 Å². The topological polar surface area (TPSA) is 52.8 Å². The summed E-state index contributed by atoms with van der Waals surface area (Å²) in [6, 6.07) is 4.87. The first-order valence-corrected chi connectivity index (χ1v) is 3.69. The zero-order valence-corrected chi connectivity index (χ0v) is 7.12. The number of phenolic OH excluding ortho intramolecular Hbond substituents is 1. The third-order valence-corrected chi connectivity index (χ3v) is 1.85. The molecule has 0 spiro atoms. The number of benzene rings is 1. The van der Waals surface area contributed by atoms with E-state index in [2.05, 4.69) is 21.1 Å². The molecule has 4 heteroatoms. The largest absolute Gasteiger partial charge is 0.507 e. The molecule has 0 aliphatic carbocycles. The van der Waals surface area contributed by atoms with E-state index in [1.54, 1.807) is 12.1 Å². The number of hydrogen-bond donors (Lipinski definition) is 2. The van der Waals surface area contributed by atoms with Crippen molar-refractivity contribution in [2.24, 2.45) is 5.16 Å². The van der Waals surface area contributed by atoms with Crippen LogP contribution in [0.25, 0.3) is 0 Å². The van der Waals surface area contributed by atoms with Crippen LogP contribution in [0.1, 0.15) is 5.56 Å². The van der Waals surface area contributed by atoms with E-state index in [-0.39, 0.29) is 5.75 Å². The molecule has 0 atom stereocenters. The summed E-state index contributed by atoms with van der Waals surface area (Å²) in [5.74, 6) is 0.127. The Kier molecular flexibility index (Phi) is 2.48. The first-order valence-electron chi connectivity index (χ1n) is 2.90. The Morgan fingerprint density at radius 3 is 2.73 bits per heavy atom. The molecular formula is C7H6BrNO2. The second-order valence-electron chi connectivity index (χ2n) is 1.96. The number of hydrogen-bond acceptors (Lipinski definition) is 3. The first kappa shape index (κ1) is 8.07. The lowest BCUT2D eigenvalue weighted by molar-refractivity contribution is 0.322. The molecule has 2 N–H and O–H groups in total. The highest BCUT2D eigenvalue weighted by atomic mass is 79.9. The Labute approximate surface area is 72.1 Å². The van der Waals surface area contributed by atoms with E-state index >= 15 is 0 Å². The van der Waals surface area contributed by atoms with Crippen molar-refractivity contribution in [3.8, 4) is 5.75 Å². The molecule has 0 fully saturated rings. The lowest BCUT2D eigenvalue weighted by atomic mass is 10.2. The summed E-state index contributed by atoms with van der Waals surface area (Å²) in [6.07, 6.45) is 1.24. The van der Waals surface area contributed by atoms with Gasteiger partial charge in [-0.2, -0.15) is 0 Å². The summed E-state index contributed by atoms with van der Waals surface area (Å²) in [6.45, 7) is 0. The minimum atomic E-state index is 0.127. The van der Waals surface area contributed by atoms with Crippen LogP contribution in [0.2, 0.25) is 0 Å². The highest BCUT2D eigenvalue weighted by Gasteiger charge is 1.96. The average Bonchev–Trinajstić information content (AvgIpc) is 1.98. The maximum Gasteiger partial charge on any atom is 0.130 e. The van der Waals surface area contributed by atoms with E-state index in [1.807, 2.05) is 0 Å². The van der Waals surface area contributed by atoms with E-state index in [4.69, 9.17) is 10.3 Å². The van der Waals surface area contributed by atoms with Gasteiger partial charge in [0.25, 0.3) is 0 Å². The lowest BCUT2D eigenvalue weighted by Crippen LogP contribution is -1.79. The molecule has 0 amide bonds. The van der Waals surface area contributed by atoms with Gasteiger partial charge >= 0.3 is 0 Å². The summed E-state index contributed by atoms with van der Waals surface area (Å²) >= 11 is 3.12. The van der Waals surface area contributed by atoms with Gasteiger partial charge in [-0.1, -0.05) is 11.2 Å². The van der Waals surface area contributed by atoms with Gasteiger partial charge in [0.05, 0.1) is 10.7 Å². The fourth-order valence-electron chi connectivity index (χ4n) is 0.677. The molecule has 1 aromatic carbocycles. The molecule has 0 saturated heterocycles. The van der Waals surface area contributed by atoms with Crippen LogP contribution in [0.5, 0.6) is 5.75 Å². The zero-order chi connectivity index (χ0) is 8.27. The van der Waals surface area contributed by atoms with Gasteiger partial charge in [-0.3, -0.25) is 0 Å². The Morgan fingerprint density at radius 1 is 1.45 bits per heavy atom. The Hall–Kier alpha value is -1.03. The van der Waals surface area contributed by atoms with Crippen LogP contribution in [0.4, 0.5) is 0 Å². The minimum absolute atomic E-state index is 0.127. The van der Waals surface area contributed by atoms with Crippen molar-refractivity contribution in [1.82, 2.24) is 0 Å². The molecule has 0 saturated carbocycles. The summed E-state index contributed by atoms with van der Waals surface area (Å²) in [5, 5.41) is 20.1. The van der Waals surface area contributed by atoms with Crippen molar-refractivity contribution in [1.29, 1.82) is 0 Å². The second kappa shape index (κ2) is 3.39. The van der Waals surface area contributed by atoms with Crippen LogP contribution < -0.4 is 0 Å². The van der Waals surface area contributed by atoms with Crippen LogP contribution in [-0.2, 0) is 0 Å². The molecule has 3 nitrogen and oxygen atoms in total. The number of oxime groups is 1. The Balaban J connectivity index is 3.05. The van der Waals surface area contributed by atoms with Crippen LogP contribution in [-0.4, -0.2) is 16.5 Å². The van der Waals surface area contributed by atoms with Gasteiger partial charge in [-0.25, -0.2) is 0 Å². The van der Waals surface area contributed by atoms with Crippen molar-refractivity contribution >= 4 is 22.1 Å². The van der Waals surface area contributed by atoms with Gasteiger partial charge in [-0.15, -0.1) is 0 Å². The molecule has 0 aromatic heterocycles. The lowest BCUT2D eigenvalue weighted by Gasteiger charge is -1.96. The molecule has 0 aliphatic heterocycles. The summed E-state index contributed by atoms with van der Waals surface area (Å²) in [5.41, 5.74) is 0.646. The van der Waals surface area contributed by atoms with E-state index in [1.165, 1.54) is 12.3 Å². The molecule has 0 unspecified atom stereocenters. The maximum atomic E-state index is 9.14. The molecule has 0 radical (unpaired) electrons. The fourth-order valence-corrected chi connectivity index (χ4v) is 0.923. The number of halogens is 1. The van der Waals surface area contributed by atoms with Crippen molar-refractivity contribution in [2.45, 2.75) is 0 Å². The van der Waals surface area contributed by atoms with Gasteiger partial charge < -0.3 is 10.3 Å². The smallest absolute Gasteiger partial charge is 0.130 e. The van der Waals surface area contributed by atoms with Gasteiger partial charge in [-0.05, 0) is 33.6 Å². The Morgan fingerprint density at radius 2 is 2.18 bits per heavy atom. The van der Waals surface area contributed by atoms with E-state index in [9.17, 15) is 0 Å². The monoisotopic (exact) mass is 215 g/mol. The highest BCUT2D eigenvalue weighted by Crippen LogP contribution is 2.23. The van der Waals surface area contributed by atoms with Crippen LogP contribution in [0, 0.1) is 0 Å². The molecular weight excluding hydrogens is 210 g/mol. The quantitative estimate of drug-likeness (QED) is 0.428. The van der Waals surface area contributed by atoms with Crippen molar-refractivity contribution in [2.75, 3.05) is 0 Å². The fraction of sp³-hybridized carbons (Fsp3) is 0. The summed E-state index contributed by atoms with van der Waals surface area (Å²) in [4.78, 5) is 0. The second-order valence-corrected chi connectivity index (χ2v) is 2.81. The number of rotatable bonds is 1. The molecule has 0 bridgehead atoms. The van der Waals surface area contributed by atoms with Gasteiger partial charge in [0.1, 0.15) is 5.75 Å². The number of aromatic hydroxyl groups is 1. The third kappa shape index (κ3) is 1.94. The van der Waals surface area contributed by atoms with Crippen molar-refractivity contribution in [3.05, 3.63) is 28.2 Å². The normalized spacial score (nSPS) is 10.6. The van der Waals surface area contributed by atoms with Crippen LogP contribution in [0.15, 0.2) is 27.8 Å². The third-order valence-electron chi connectivity index (χ3n) is 1.18. The van der Waals surface area contributed by atoms with Crippen molar-refractivity contribution < 1.29 is 10.3 Å². The predicted molar refractivity (Wildman–Crippen MR) is 45.2 cm³/mol. The summed E-state index contributed by atoms with van der Waals surface area (Å²) in [7, 11) is 0.